The Morgan fingerprint density at radius 3 is 2.95 bits per heavy atom. The summed E-state index contributed by atoms with van der Waals surface area (Å²) in [5.41, 5.74) is 6.81. The van der Waals surface area contributed by atoms with Gasteiger partial charge in [-0.15, -0.1) is 0 Å². The molecule has 0 unspecified atom stereocenters. The van der Waals surface area contributed by atoms with Crippen LogP contribution in [0.25, 0.3) is 0 Å². The van der Waals surface area contributed by atoms with Crippen LogP contribution in [0.2, 0.25) is 0 Å². The van der Waals surface area contributed by atoms with Crippen molar-refractivity contribution in [2.45, 2.75) is 45.2 Å². The molecule has 1 amide bonds. The van der Waals surface area contributed by atoms with E-state index in [1.54, 1.807) is 10.6 Å². The van der Waals surface area contributed by atoms with Gasteiger partial charge in [0.05, 0.1) is 0 Å². The van der Waals surface area contributed by atoms with Crippen molar-refractivity contribution in [1.82, 2.24) is 9.47 Å². The Hall–Kier alpha value is -1.62. The first-order valence-electron chi connectivity index (χ1n) is 7.28. The lowest BCUT2D eigenvalue weighted by Gasteiger charge is -2.23. The summed E-state index contributed by atoms with van der Waals surface area (Å²) in [6.07, 6.45) is 3.45. The van der Waals surface area contributed by atoms with Crippen molar-refractivity contribution in [3.05, 3.63) is 34.2 Å². The zero-order valence-corrected chi connectivity index (χ0v) is 12.0. The lowest BCUT2D eigenvalue weighted by molar-refractivity contribution is -0.131. The predicted octanol–water partition coefficient (Wildman–Crippen LogP) is 0.887. The Kier molecular flexibility index (Phi) is 4.95. The van der Waals surface area contributed by atoms with Crippen molar-refractivity contribution >= 4 is 5.91 Å². The summed E-state index contributed by atoms with van der Waals surface area (Å²) in [4.78, 5) is 25.8. The van der Waals surface area contributed by atoms with Crippen LogP contribution >= 0.6 is 0 Å². The second kappa shape index (κ2) is 6.70. The molecule has 1 aliphatic heterocycles. The molecule has 2 N–H and O–H groups in total. The fourth-order valence-corrected chi connectivity index (χ4v) is 2.68. The molecule has 1 aliphatic rings. The van der Waals surface area contributed by atoms with E-state index in [4.69, 9.17) is 5.73 Å². The number of likely N-dealkylation sites (tertiary alicyclic amines) is 1. The Labute approximate surface area is 119 Å². The molecular weight excluding hydrogens is 254 g/mol. The SMILES string of the molecule is Cc1cccc(=O)n1CCC(=O)N1CCCC[C@@H](N)C1. The van der Waals surface area contributed by atoms with Gasteiger partial charge in [-0.05, 0) is 25.8 Å². The predicted molar refractivity (Wildman–Crippen MR) is 78.5 cm³/mol. The zero-order chi connectivity index (χ0) is 14.5. The fraction of sp³-hybridized carbons (Fsp3) is 0.600. The van der Waals surface area contributed by atoms with Gasteiger partial charge >= 0.3 is 0 Å². The third-order valence-electron chi connectivity index (χ3n) is 3.88. The molecule has 0 radical (unpaired) electrons. The molecule has 5 heteroatoms. The Morgan fingerprint density at radius 1 is 1.40 bits per heavy atom. The van der Waals surface area contributed by atoms with Crippen LogP contribution in [0, 0.1) is 6.92 Å². The minimum atomic E-state index is -0.0506. The van der Waals surface area contributed by atoms with Gasteiger partial charge < -0.3 is 15.2 Å². The standard InChI is InChI=1S/C15H23N3O2/c1-12-5-4-7-15(20)18(12)10-8-14(19)17-9-3-2-6-13(16)11-17/h4-5,7,13H,2-3,6,8-11,16H2,1H3/t13-/m1/s1. The van der Waals surface area contributed by atoms with Gasteiger partial charge in [-0.2, -0.15) is 0 Å². The highest BCUT2D eigenvalue weighted by atomic mass is 16.2. The van der Waals surface area contributed by atoms with Crippen molar-refractivity contribution in [2.24, 2.45) is 5.73 Å². The smallest absolute Gasteiger partial charge is 0.250 e. The Balaban J connectivity index is 1.96. The lowest BCUT2D eigenvalue weighted by atomic mass is 10.2. The number of aromatic nitrogens is 1. The maximum absolute atomic E-state index is 12.2. The number of hydrogen-bond acceptors (Lipinski definition) is 3. The molecule has 1 aromatic rings. The number of carbonyl (C=O) groups excluding carboxylic acids is 1. The van der Waals surface area contributed by atoms with Gasteiger partial charge in [-0.3, -0.25) is 9.59 Å². The molecule has 5 nitrogen and oxygen atoms in total. The van der Waals surface area contributed by atoms with E-state index in [2.05, 4.69) is 0 Å². The quantitative estimate of drug-likeness (QED) is 0.892. The highest BCUT2D eigenvalue weighted by molar-refractivity contribution is 5.76. The molecule has 1 saturated heterocycles. The van der Waals surface area contributed by atoms with Gasteiger partial charge in [0.2, 0.25) is 5.91 Å². The van der Waals surface area contributed by atoms with Gasteiger partial charge in [0.25, 0.3) is 5.56 Å². The first kappa shape index (κ1) is 14.8. The summed E-state index contributed by atoms with van der Waals surface area (Å²) < 4.78 is 1.65. The Morgan fingerprint density at radius 2 is 2.20 bits per heavy atom. The minimum absolute atomic E-state index is 0.0506. The summed E-state index contributed by atoms with van der Waals surface area (Å²) in [7, 11) is 0. The molecule has 1 atom stereocenters. The molecule has 0 aromatic carbocycles. The van der Waals surface area contributed by atoms with E-state index in [0.29, 0.717) is 19.5 Å². The molecule has 0 bridgehead atoms. The van der Waals surface area contributed by atoms with E-state index >= 15 is 0 Å². The number of carbonyl (C=O) groups is 1. The van der Waals surface area contributed by atoms with Crippen LogP contribution in [-0.4, -0.2) is 34.5 Å². The number of rotatable bonds is 3. The third kappa shape index (κ3) is 3.70. The van der Waals surface area contributed by atoms with Crippen LogP contribution in [0.5, 0.6) is 0 Å². The number of hydrogen-bond donors (Lipinski definition) is 1. The summed E-state index contributed by atoms with van der Waals surface area (Å²) in [6, 6.07) is 5.24. The largest absolute Gasteiger partial charge is 0.341 e. The summed E-state index contributed by atoms with van der Waals surface area (Å²) >= 11 is 0. The molecular formula is C15H23N3O2. The normalized spacial score (nSPS) is 19.7. The molecule has 0 saturated carbocycles. The highest BCUT2D eigenvalue weighted by Gasteiger charge is 2.19. The van der Waals surface area contributed by atoms with E-state index in [0.717, 1.165) is 31.5 Å². The molecule has 0 aliphatic carbocycles. The van der Waals surface area contributed by atoms with E-state index < -0.39 is 0 Å². The number of nitrogens with zero attached hydrogens (tertiary/aromatic N) is 2. The number of aryl methyl sites for hydroxylation is 1. The van der Waals surface area contributed by atoms with Gasteiger partial charge in [-0.1, -0.05) is 12.5 Å². The average Bonchev–Trinajstić information content (AvgIpc) is 2.62. The average molecular weight is 277 g/mol. The van der Waals surface area contributed by atoms with Crippen LogP contribution < -0.4 is 11.3 Å². The third-order valence-corrected chi connectivity index (χ3v) is 3.88. The Bertz CT molecular complexity index is 524. The van der Waals surface area contributed by atoms with Crippen molar-refractivity contribution in [2.75, 3.05) is 13.1 Å². The zero-order valence-electron chi connectivity index (χ0n) is 12.0. The van der Waals surface area contributed by atoms with Crippen LogP contribution in [0.15, 0.2) is 23.0 Å². The van der Waals surface area contributed by atoms with Crippen LogP contribution in [0.1, 0.15) is 31.4 Å². The summed E-state index contributed by atoms with van der Waals surface area (Å²) in [6.45, 7) is 3.75. The van der Waals surface area contributed by atoms with Crippen molar-refractivity contribution in [3.63, 3.8) is 0 Å². The first-order chi connectivity index (χ1) is 9.58. The topological polar surface area (TPSA) is 68.3 Å². The number of amides is 1. The van der Waals surface area contributed by atoms with Gasteiger partial charge in [0, 0.05) is 43.9 Å². The van der Waals surface area contributed by atoms with Crippen LogP contribution in [0.3, 0.4) is 0 Å². The molecule has 1 fully saturated rings. The molecule has 20 heavy (non-hydrogen) atoms. The highest BCUT2D eigenvalue weighted by Crippen LogP contribution is 2.10. The summed E-state index contributed by atoms with van der Waals surface area (Å²) in [5, 5.41) is 0. The van der Waals surface area contributed by atoms with Gasteiger partial charge in [-0.25, -0.2) is 0 Å². The monoisotopic (exact) mass is 277 g/mol. The van der Waals surface area contributed by atoms with Crippen molar-refractivity contribution in [1.29, 1.82) is 0 Å². The van der Waals surface area contributed by atoms with E-state index in [1.165, 1.54) is 6.07 Å². The molecule has 1 aromatic heterocycles. The van der Waals surface area contributed by atoms with E-state index in [1.807, 2.05) is 17.9 Å². The molecule has 0 spiro atoms. The summed E-state index contributed by atoms with van der Waals surface area (Å²) in [5.74, 6) is 0.0949. The first-order valence-corrected chi connectivity index (χ1v) is 7.28. The maximum atomic E-state index is 12.2. The number of pyridine rings is 1. The minimum Gasteiger partial charge on any atom is -0.341 e. The van der Waals surface area contributed by atoms with Crippen molar-refractivity contribution in [3.8, 4) is 0 Å². The maximum Gasteiger partial charge on any atom is 0.250 e. The van der Waals surface area contributed by atoms with E-state index in [9.17, 15) is 9.59 Å². The second-order valence-corrected chi connectivity index (χ2v) is 5.50. The number of nitrogens with two attached hydrogens (primary N) is 1. The van der Waals surface area contributed by atoms with Crippen molar-refractivity contribution < 1.29 is 4.79 Å². The van der Waals surface area contributed by atoms with Crippen LogP contribution in [-0.2, 0) is 11.3 Å². The molecule has 2 heterocycles. The lowest BCUT2D eigenvalue weighted by Crippen LogP contribution is -2.40. The van der Waals surface area contributed by atoms with E-state index in [-0.39, 0.29) is 17.5 Å². The van der Waals surface area contributed by atoms with Gasteiger partial charge in [0.1, 0.15) is 0 Å². The molecule has 110 valence electrons. The fourth-order valence-electron chi connectivity index (χ4n) is 2.68. The second-order valence-electron chi connectivity index (χ2n) is 5.50. The molecule has 2 rings (SSSR count). The van der Waals surface area contributed by atoms with Gasteiger partial charge in [0.15, 0.2) is 0 Å². The van der Waals surface area contributed by atoms with Crippen LogP contribution in [0.4, 0.5) is 0 Å².